The van der Waals surface area contributed by atoms with Gasteiger partial charge in [0.2, 0.25) is 5.91 Å². The van der Waals surface area contributed by atoms with Gasteiger partial charge in [-0.2, -0.15) is 0 Å². The Morgan fingerprint density at radius 3 is 2.84 bits per heavy atom. The molecule has 0 aliphatic heterocycles. The monoisotopic (exact) mass is 280 g/mol. The fourth-order valence-electron chi connectivity index (χ4n) is 1.69. The molecule has 19 heavy (non-hydrogen) atoms. The second-order valence-electron chi connectivity index (χ2n) is 4.81. The Balaban J connectivity index is 2.57. The van der Waals surface area contributed by atoms with Crippen molar-refractivity contribution in [1.82, 2.24) is 15.2 Å². The highest BCUT2D eigenvalue weighted by molar-refractivity contribution is 7.80. The average molecular weight is 280 g/mol. The van der Waals surface area contributed by atoms with E-state index in [2.05, 4.69) is 10.3 Å². The third kappa shape index (κ3) is 5.76. The molecule has 0 aliphatic carbocycles. The Morgan fingerprint density at radius 2 is 2.26 bits per heavy atom. The first kappa shape index (κ1) is 15.5. The molecule has 0 spiro atoms. The number of nitrogens with one attached hydrogen (secondary N) is 1. The van der Waals surface area contributed by atoms with Crippen molar-refractivity contribution >= 4 is 23.1 Å². The number of carbonyl (C=O) groups excluding carboxylic acids is 1. The fraction of sp³-hybridized carbons (Fsp3) is 0.462. The number of aromatic nitrogens is 1. The van der Waals surface area contributed by atoms with Crippen LogP contribution in [0.5, 0.6) is 0 Å². The molecule has 0 unspecified atom stereocenters. The maximum Gasteiger partial charge on any atom is 0.234 e. The maximum atomic E-state index is 11.6. The molecule has 0 aliphatic rings. The van der Waals surface area contributed by atoms with Crippen molar-refractivity contribution in [3.05, 3.63) is 29.6 Å². The summed E-state index contributed by atoms with van der Waals surface area (Å²) in [5.74, 6) is 0.0149. The van der Waals surface area contributed by atoms with Crippen molar-refractivity contribution in [3.63, 3.8) is 0 Å². The van der Waals surface area contributed by atoms with E-state index in [1.165, 1.54) is 0 Å². The van der Waals surface area contributed by atoms with Crippen molar-refractivity contribution in [2.45, 2.75) is 26.4 Å². The van der Waals surface area contributed by atoms with E-state index in [1.807, 2.05) is 37.9 Å². The van der Waals surface area contributed by atoms with Crippen molar-refractivity contribution < 1.29 is 4.79 Å². The Labute approximate surface area is 119 Å². The lowest BCUT2D eigenvalue weighted by molar-refractivity contribution is -0.122. The molecule has 6 heteroatoms. The van der Waals surface area contributed by atoms with Crippen molar-refractivity contribution in [2.24, 2.45) is 5.73 Å². The minimum absolute atomic E-state index is 0.0149. The standard InChI is InChI=1S/C13H20N4OS/c1-9(2)16-12(18)8-17(3)7-10-4-5-15-11(6-10)13(14)19/h4-6,9H,7-8H2,1-3H3,(H2,14,19)(H,16,18). The molecular weight excluding hydrogens is 260 g/mol. The van der Waals surface area contributed by atoms with Crippen LogP contribution in [0.3, 0.4) is 0 Å². The van der Waals surface area contributed by atoms with Crippen LogP contribution < -0.4 is 11.1 Å². The highest BCUT2D eigenvalue weighted by Crippen LogP contribution is 2.05. The van der Waals surface area contributed by atoms with Crippen molar-refractivity contribution in [1.29, 1.82) is 0 Å². The number of hydrogen-bond acceptors (Lipinski definition) is 4. The predicted octanol–water partition coefficient (Wildman–Crippen LogP) is 0.672. The first-order valence-electron chi connectivity index (χ1n) is 6.11. The van der Waals surface area contributed by atoms with Gasteiger partial charge in [0, 0.05) is 18.8 Å². The lowest BCUT2D eigenvalue weighted by Gasteiger charge is -2.17. The molecule has 0 aromatic carbocycles. The molecular formula is C13H20N4OS. The van der Waals surface area contributed by atoms with Gasteiger partial charge in [0.05, 0.1) is 12.2 Å². The number of pyridine rings is 1. The van der Waals surface area contributed by atoms with Crippen LogP contribution in [0.1, 0.15) is 25.1 Å². The molecule has 0 atom stereocenters. The van der Waals surface area contributed by atoms with Gasteiger partial charge in [-0.1, -0.05) is 12.2 Å². The Kier molecular flexibility index (Phi) is 5.85. The summed E-state index contributed by atoms with van der Waals surface area (Å²) in [6.07, 6.45) is 1.67. The van der Waals surface area contributed by atoms with E-state index >= 15 is 0 Å². The van der Waals surface area contributed by atoms with Gasteiger partial charge < -0.3 is 11.1 Å². The maximum absolute atomic E-state index is 11.6. The molecule has 1 amide bonds. The number of nitrogens with two attached hydrogens (primary N) is 1. The van der Waals surface area contributed by atoms with Gasteiger partial charge in [-0.05, 0) is 38.6 Å². The van der Waals surface area contributed by atoms with Crippen LogP contribution in [0, 0.1) is 0 Å². The van der Waals surface area contributed by atoms with Crippen LogP contribution in [0.4, 0.5) is 0 Å². The minimum atomic E-state index is 0.0149. The smallest absolute Gasteiger partial charge is 0.234 e. The van der Waals surface area contributed by atoms with Crippen LogP contribution in [0.25, 0.3) is 0 Å². The first-order valence-corrected chi connectivity index (χ1v) is 6.52. The fourth-order valence-corrected chi connectivity index (χ4v) is 1.80. The zero-order valence-electron chi connectivity index (χ0n) is 11.5. The Morgan fingerprint density at radius 1 is 1.58 bits per heavy atom. The molecule has 0 bridgehead atoms. The van der Waals surface area contributed by atoms with Gasteiger partial charge >= 0.3 is 0 Å². The third-order valence-corrected chi connectivity index (χ3v) is 2.60. The second kappa shape index (κ2) is 7.16. The quantitative estimate of drug-likeness (QED) is 0.750. The number of nitrogens with zero attached hydrogens (tertiary/aromatic N) is 2. The zero-order chi connectivity index (χ0) is 14.4. The summed E-state index contributed by atoms with van der Waals surface area (Å²) >= 11 is 4.89. The molecule has 0 saturated heterocycles. The molecule has 0 fully saturated rings. The minimum Gasteiger partial charge on any atom is -0.388 e. The van der Waals surface area contributed by atoms with E-state index in [0.717, 1.165) is 5.56 Å². The van der Waals surface area contributed by atoms with Gasteiger partial charge in [0.25, 0.3) is 0 Å². The number of amides is 1. The number of thiocarbonyl (C=S) groups is 1. The summed E-state index contributed by atoms with van der Waals surface area (Å²) in [7, 11) is 1.89. The Hall–Kier alpha value is -1.53. The van der Waals surface area contributed by atoms with Crippen LogP contribution >= 0.6 is 12.2 Å². The molecule has 0 saturated carbocycles. The number of carbonyl (C=O) groups is 1. The van der Waals surface area contributed by atoms with E-state index in [0.29, 0.717) is 18.8 Å². The van der Waals surface area contributed by atoms with Crippen LogP contribution in [-0.2, 0) is 11.3 Å². The zero-order valence-corrected chi connectivity index (χ0v) is 12.3. The molecule has 5 nitrogen and oxygen atoms in total. The lowest BCUT2D eigenvalue weighted by atomic mass is 10.2. The van der Waals surface area contributed by atoms with Crippen LogP contribution in [-0.4, -0.2) is 40.4 Å². The topological polar surface area (TPSA) is 71.2 Å². The van der Waals surface area contributed by atoms with Crippen LogP contribution in [0.2, 0.25) is 0 Å². The lowest BCUT2D eigenvalue weighted by Crippen LogP contribution is -2.38. The summed E-state index contributed by atoms with van der Waals surface area (Å²) < 4.78 is 0. The number of rotatable bonds is 6. The summed E-state index contributed by atoms with van der Waals surface area (Å²) in [4.78, 5) is 17.9. The van der Waals surface area contributed by atoms with E-state index in [4.69, 9.17) is 18.0 Å². The van der Waals surface area contributed by atoms with E-state index in [1.54, 1.807) is 6.20 Å². The Bertz CT molecular complexity index is 462. The van der Waals surface area contributed by atoms with Gasteiger partial charge in [-0.25, -0.2) is 0 Å². The summed E-state index contributed by atoms with van der Waals surface area (Å²) in [6, 6.07) is 3.89. The number of hydrogen-bond donors (Lipinski definition) is 2. The van der Waals surface area contributed by atoms with Crippen molar-refractivity contribution in [3.8, 4) is 0 Å². The normalized spacial score (nSPS) is 10.8. The van der Waals surface area contributed by atoms with E-state index < -0.39 is 0 Å². The highest BCUT2D eigenvalue weighted by atomic mass is 32.1. The van der Waals surface area contributed by atoms with Gasteiger partial charge in [0.15, 0.2) is 0 Å². The van der Waals surface area contributed by atoms with Gasteiger partial charge in [-0.15, -0.1) is 0 Å². The number of likely N-dealkylation sites (N-methyl/N-ethyl adjacent to an activating group) is 1. The van der Waals surface area contributed by atoms with E-state index in [-0.39, 0.29) is 16.9 Å². The van der Waals surface area contributed by atoms with Gasteiger partial charge in [-0.3, -0.25) is 14.7 Å². The second-order valence-corrected chi connectivity index (χ2v) is 5.25. The molecule has 3 N–H and O–H groups in total. The molecule has 104 valence electrons. The van der Waals surface area contributed by atoms with Crippen LogP contribution in [0.15, 0.2) is 18.3 Å². The summed E-state index contributed by atoms with van der Waals surface area (Å²) in [5.41, 5.74) is 7.17. The third-order valence-electron chi connectivity index (χ3n) is 2.39. The summed E-state index contributed by atoms with van der Waals surface area (Å²) in [6.45, 7) is 4.87. The molecule has 1 aromatic rings. The van der Waals surface area contributed by atoms with Crippen molar-refractivity contribution in [2.75, 3.05) is 13.6 Å². The average Bonchev–Trinajstić information content (AvgIpc) is 2.27. The SMILES string of the molecule is CC(C)NC(=O)CN(C)Cc1ccnc(C(N)=S)c1. The van der Waals surface area contributed by atoms with Gasteiger partial charge in [0.1, 0.15) is 4.99 Å². The highest BCUT2D eigenvalue weighted by Gasteiger charge is 2.09. The summed E-state index contributed by atoms with van der Waals surface area (Å²) in [5, 5.41) is 2.86. The predicted molar refractivity (Wildman–Crippen MR) is 79.7 cm³/mol. The van der Waals surface area contributed by atoms with E-state index in [9.17, 15) is 4.79 Å². The molecule has 1 aromatic heterocycles. The molecule has 1 rings (SSSR count). The molecule has 0 radical (unpaired) electrons. The molecule has 1 heterocycles. The first-order chi connectivity index (χ1) is 8.88. The largest absolute Gasteiger partial charge is 0.388 e.